The van der Waals surface area contributed by atoms with E-state index < -0.39 is 0 Å². The SMILES string of the molecule is CC1(C)c2ccccc2-n2c1nc1cc(F)ccc1c2=O. The molecule has 3 nitrogen and oxygen atoms in total. The predicted molar refractivity (Wildman–Crippen MR) is 79.4 cm³/mol. The zero-order chi connectivity index (χ0) is 14.8. The van der Waals surface area contributed by atoms with Gasteiger partial charge in [0, 0.05) is 6.07 Å². The summed E-state index contributed by atoms with van der Waals surface area (Å²) in [6.45, 7) is 4.06. The van der Waals surface area contributed by atoms with Crippen LogP contribution in [0.3, 0.4) is 0 Å². The van der Waals surface area contributed by atoms with Crippen molar-refractivity contribution in [1.29, 1.82) is 0 Å². The molecular weight excluding hydrogens is 267 g/mol. The quantitative estimate of drug-likeness (QED) is 0.634. The Kier molecular flexibility index (Phi) is 2.21. The van der Waals surface area contributed by atoms with Crippen molar-refractivity contribution in [2.24, 2.45) is 0 Å². The maximum atomic E-state index is 13.4. The van der Waals surface area contributed by atoms with E-state index in [-0.39, 0.29) is 16.8 Å². The Morgan fingerprint density at radius 2 is 1.90 bits per heavy atom. The minimum atomic E-state index is -0.382. The van der Waals surface area contributed by atoms with Crippen LogP contribution in [0.5, 0.6) is 0 Å². The van der Waals surface area contributed by atoms with Crippen LogP contribution in [0.15, 0.2) is 47.3 Å². The molecule has 1 aliphatic rings. The Morgan fingerprint density at radius 3 is 2.71 bits per heavy atom. The zero-order valence-electron chi connectivity index (χ0n) is 11.7. The topological polar surface area (TPSA) is 34.9 Å². The number of hydrogen-bond acceptors (Lipinski definition) is 2. The monoisotopic (exact) mass is 280 g/mol. The second kappa shape index (κ2) is 3.79. The van der Waals surface area contributed by atoms with Crippen LogP contribution in [-0.2, 0) is 5.41 Å². The second-order valence-electron chi connectivity index (χ2n) is 5.88. The highest BCUT2D eigenvalue weighted by atomic mass is 19.1. The average Bonchev–Trinajstić information content (AvgIpc) is 2.68. The molecule has 0 amide bonds. The van der Waals surface area contributed by atoms with Gasteiger partial charge in [-0.2, -0.15) is 0 Å². The van der Waals surface area contributed by atoms with E-state index in [4.69, 9.17) is 0 Å². The van der Waals surface area contributed by atoms with Gasteiger partial charge in [-0.25, -0.2) is 9.37 Å². The fourth-order valence-electron chi connectivity index (χ4n) is 3.12. The van der Waals surface area contributed by atoms with E-state index in [1.54, 1.807) is 4.57 Å². The van der Waals surface area contributed by atoms with Crippen molar-refractivity contribution < 1.29 is 4.39 Å². The number of benzene rings is 2. The van der Waals surface area contributed by atoms with Crippen LogP contribution in [0.4, 0.5) is 4.39 Å². The van der Waals surface area contributed by atoms with Gasteiger partial charge in [-0.05, 0) is 37.6 Å². The summed E-state index contributed by atoms with van der Waals surface area (Å²) < 4.78 is 15.1. The number of halogens is 1. The number of fused-ring (bicyclic) bond motifs is 4. The molecule has 4 rings (SSSR count). The molecule has 2 aromatic carbocycles. The van der Waals surface area contributed by atoms with Crippen LogP contribution in [-0.4, -0.2) is 9.55 Å². The number of para-hydroxylation sites is 1. The summed E-state index contributed by atoms with van der Waals surface area (Å²) in [5.41, 5.74) is 1.81. The van der Waals surface area contributed by atoms with E-state index in [1.807, 2.05) is 38.1 Å². The summed E-state index contributed by atoms with van der Waals surface area (Å²) in [5, 5.41) is 0.438. The van der Waals surface area contributed by atoms with Crippen molar-refractivity contribution in [2.45, 2.75) is 19.3 Å². The van der Waals surface area contributed by atoms with E-state index >= 15 is 0 Å². The number of hydrogen-bond donors (Lipinski definition) is 0. The maximum absolute atomic E-state index is 13.4. The van der Waals surface area contributed by atoms with Gasteiger partial charge in [-0.1, -0.05) is 18.2 Å². The molecule has 0 spiro atoms. The third-order valence-corrected chi connectivity index (χ3v) is 4.21. The van der Waals surface area contributed by atoms with Crippen molar-refractivity contribution in [3.05, 3.63) is 70.0 Å². The molecule has 0 aliphatic carbocycles. The molecule has 0 radical (unpaired) electrons. The normalized spacial score (nSPS) is 15.0. The smallest absolute Gasteiger partial charge is 0.266 e. The van der Waals surface area contributed by atoms with Crippen molar-refractivity contribution in [3.8, 4) is 5.69 Å². The molecule has 0 bridgehead atoms. The van der Waals surface area contributed by atoms with Crippen LogP contribution in [0.25, 0.3) is 16.6 Å². The first-order valence-corrected chi connectivity index (χ1v) is 6.83. The molecule has 0 saturated heterocycles. The standard InChI is InChI=1S/C17H13FN2O/c1-17(2)12-5-3-4-6-14(12)20-15(21)11-8-7-10(18)9-13(11)19-16(17)20/h3-9H,1-2H3. The third-order valence-electron chi connectivity index (χ3n) is 4.21. The molecule has 4 heteroatoms. The van der Waals surface area contributed by atoms with Gasteiger partial charge in [-0.15, -0.1) is 0 Å². The van der Waals surface area contributed by atoms with Gasteiger partial charge < -0.3 is 0 Å². The first kappa shape index (κ1) is 12.3. The molecule has 0 fully saturated rings. The fourth-order valence-corrected chi connectivity index (χ4v) is 3.12. The third kappa shape index (κ3) is 1.47. The highest BCUT2D eigenvalue weighted by Gasteiger charge is 2.38. The van der Waals surface area contributed by atoms with Gasteiger partial charge in [0.1, 0.15) is 11.6 Å². The summed E-state index contributed by atoms with van der Waals surface area (Å²) >= 11 is 0. The van der Waals surface area contributed by atoms with E-state index in [0.717, 1.165) is 11.3 Å². The minimum Gasteiger partial charge on any atom is -0.268 e. The average molecular weight is 280 g/mol. The molecular formula is C17H13FN2O. The fraction of sp³-hybridized carbons (Fsp3) is 0.176. The van der Waals surface area contributed by atoms with Gasteiger partial charge >= 0.3 is 0 Å². The van der Waals surface area contributed by atoms with Gasteiger partial charge in [0.2, 0.25) is 0 Å². The van der Waals surface area contributed by atoms with E-state index in [0.29, 0.717) is 16.7 Å². The van der Waals surface area contributed by atoms with Crippen molar-refractivity contribution >= 4 is 10.9 Å². The molecule has 0 unspecified atom stereocenters. The van der Waals surface area contributed by atoms with E-state index in [9.17, 15) is 9.18 Å². The van der Waals surface area contributed by atoms with Crippen LogP contribution in [0.2, 0.25) is 0 Å². The highest BCUT2D eigenvalue weighted by Crippen LogP contribution is 2.40. The number of rotatable bonds is 0. The van der Waals surface area contributed by atoms with Crippen LogP contribution < -0.4 is 5.56 Å². The Bertz CT molecular complexity index is 957. The Hall–Kier alpha value is -2.49. The Morgan fingerprint density at radius 1 is 1.14 bits per heavy atom. The summed E-state index contributed by atoms with van der Waals surface area (Å²) in [7, 11) is 0. The first-order valence-electron chi connectivity index (χ1n) is 6.83. The number of nitrogens with zero attached hydrogens (tertiary/aromatic N) is 2. The van der Waals surface area contributed by atoms with Crippen LogP contribution in [0, 0.1) is 5.82 Å². The molecule has 104 valence electrons. The lowest BCUT2D eigenvalue weighted by atomic mass is 9.85. The molecule has 0 saturated carbocycles. The molecule has 21 heavy (non-hydrogen) atoms. The first-order chi connectivity index (χ1) is 10.00. The maximum Gasteiger partial charge on any atom is 0.266 e. The van der Waals surface area contributed by atoms with Crippen molar-refractivity contribution in [3.63, 3.8) is 0 Å². The summed E-state index contributed by atoms with van der Waals surface area (Å²) in [6, 6.07) is 11.9. The largest absolute Gasteiger partial charge is 0.268 e. The lowest BCUT2D eigenvalue weighted by molar-refractivity contribution is 0.608. The summed E-state index contributed by atoms with van der Waals surface area (Å²) in [6.07, 6.45) is 0. The van der Waals surface area contributed by atoms with Gasteiger partial charge in [0.15, 0.2) is 0 Å². The zero-order valence-corrected chi connectivity index (χ0v) is 11.7. The Balaban J connectivity index is 2.22. The molecule has 0 atom stereocenters. The lowest BCUT2D eigenvalue weighted by Crippen LogP contribution is -2.25. The van der Waals surface area contributed by atoms with E-state index in [2.05, 4.69) is 4.98 Å². The van der Waals surface area contributed by atoms with Gasteiger partial charge in [-0.3, -0.25) is 9.36 Å². The molecule has 0 N–H and O–H groups in total. The second-order valence-corrected chi connectivity index (χ2v) is 5.88. The summed E-state index contributed by atoms with van der Waals surface area (Å²) in [4.78, 5) is 17.4. The Labute approximate surface area is 120 Å². The van der Waals surface area contributed by atoms with E-state index in [1.165, 1.54) is 18.2 Å². The van der Waals surface area contributed by atoms with Crippen molar-refractivity contribution in [1.82, 2.24) is 9.55 Å². The van der Waals surface area contributed by atoms with Gasteiger partial charge in [0.05, 0.1) is 22.0 Å². The molecule has 1 aliphatic heterocycles. The predicted octanol–water partition coefficient (Wildman–Crippen LogP) is 3.16. The van der Waals surface area contributed by atoms with Crippen LogP contribution in [0.1, 0.15) is 25.2 Å². The lowest BCUT2D eigenvalue weighted by Gasteiger charge is -2.18. The molecule has 2 heterocycles. The van der Waals surface area contributed by atoms with Gasteiger partial charge in [0.25, 0.3) is 5.56 Å². The highest BCUT2D eigenvalue weighted by molar-refractivity contribution is 5.79. The molecule has 1 aromatic heterocycles. The van der Waals surface area contributed by atoms with Crippen LogP contribution >= 0.6 is 0 Å². The summed E-state index contributed by atoms with van der Waals surface area (Å²) in [5.74, 6) is 0.277. The minimum absolute atomic E-state index is 0.145. The number of aromatic nitrogens is 2. The van der Waals surface area contributed by atoms with Crippen molar-refractivity contribution in [2.75, 3.05) is 0 Å². The molecule has 3 aromatic rings.